The van der Waals surface area contributed by atoms with Gasteiger partial charge in [-0.2, -0.15) is 0 Å². The van der Waals surface area contributed by atoms with Gasteiger partial charge in [0.25, 0.3) is 11.8 Å². The summed E-state index contributed by atoms with van der Waals surface area (Å²) in [5.41, 5.74) is 3.31. The van der Waals surface area contributed by atoms with Crippen molar-refractivity contribution < 1.29 is 19.4 Å². The fourth-order valence-electron chi connectivity index (χ4n) is 5.06. The van der Waals surface area contributed by atoms with Crippen molar-refractivity contribution in [2.45, 2.75) is 32.5 Å². The zero-order valence-electron chi connectivity index (χ0n) is 23.9. The van der Waals surface area contributed by atoms with Gasteiger partial charge in [-0.15, -0.1) is 11.3 Å². The second kappa shape index (κ2) is 13.2. The number of anilines is 1. The maximum Gasteiger partial charge on any atom is 0.258 e. The SMILES string of the molecule is C[C@H](CO)N1C[C@H](C)[C@H](CN(C)Cc2ccncc2)Oc2c(NC(=O)c3ccc(-c4nccs4)cc3)cccc2C1=O. The number of aliphatic hydroxyl groups excluding tert-OH is 1. The fraction of sp³-hybridized carbons (Fsp3) is 0.312. The minimum atomic E-state index is -0.379. The Kier molecular flexibility index (Phi) is 9.26. The summed E-state index contributed by atoms with van der Waals surface area (Å²) >= 11 is 1.53. The van der Waals surface area contributed by atoms with Gasteiger partial charge in [0, 0.05) is 60.6 Å². The van der Waals surface area contributed by atoms with Gasteiger partial charge in [-0.3, -0.25) is 19.5 Å². The van der Waals surface area contributed by atoms with E-state index in [4.69, 9.17) is 4.74 Å². The van der Waals surface area contributed by atoms with Gasteiger partial charge in [0.1, 0.15) is 11.1 Å². The van der Waals surface area contributed by atoms with E-state index < -0.39 is 0 Å². The number of pyridine rings is 1. The van der Waals surface area contributed by atoms with Crippen molar-refractivity contribution in [1.29, 1.82) is 0 Å². The average Bonchev–Trinajstić information content (AvgIpc) is 3.55. The molecule has 9 nitrogen and oxygen atoms in total. The van der Waals surface area contributed by atoms with Gasteiger partial charge in [-0.25, -0.2) is 4.98 Å². The molecule has 0 spiro atoms. The van der Waals surface area contributed by atoms with E-state index in [0.717, 1.165) is 16.1 Å². The molecule has 0 aliphatic carbocycles. The first kappa shape index (κ1) is 29.4. The molecule has 2 amide bonds. The fourth-order valence-corrected chi connectivity index (χ4v) is 5.70. The topological polar surface area (TPSA) is 108 Å². The lowest BCUT2D eigenvalue weighted by Gasteiger charge is -2.38. The zero-order valence-corrected chi connectivity index (χ0v) is 24.8. The number of para-hydroxylation sites is 1. The van der Waals surface area contributed by atoms with Crippen LogP contribution in [-0.2, 0) is 6.54 Å². The van der Waals surface area contributed by atoms with Crippen LogP contribution in [0.1, 0.15) is 40.1 Å². The molecule has 0 radical (unpaired) electrons. The number of carbonyl (C=O) groups excluding carboxylic acids is 2. The molecule has 1 aliphatic rings. The van der Waals surface area contributed by atoms with Gasteiger partial charge in [0.05, 0.1) is 23.9 Å². The first-order valence-corrected chi connectivity index (χ1v) is 14.8. The molecule has 0 saturated carbocycles. The first-order chi connectivity index (χ1) is 20.3. The van der Waals surface area contributed by atoms with Crippen LogP contribution in [0.3, 0.4) is 0 Å². The lowest BCUT2D eigenvalue weighted by molar-refractivity contribution is 0.0343. The number of rotatable bonds is 9. The highest BCUT2D eigenvalue weighted by Crippen LogP contribution is 2.35. The van der Waals surface area contributed by atoms with Gasteiger partial charge >= 0.3 is 0 Å². The molecule has 42 heavy (non-hydrogen) atoms. The number of carbonyl (C=O) groups is 2. The van der Waals surface area contributed by atoms with Crippen molar-refractivity contribution in [3.05, 3.63) is 95.3 Å². The van der Waals surface area contributed by atoms with Crippen LogP contribution >= 0.6 is 11.3 Å². The number of aromatic nitrogens is 2. The Labute approximate surface area is 249 Å². The first-order valence-electron chi connectivity index (χ1n) is 13.9. The molecule has 2 N–H and O–H groups in total. The molecule has 1 aliphatic heterocycles. The van der Waals surface area contributed by atoms with Gasteiger partial charge < -0.3 is 20.1 Å². The van der Waals surface area contributed by atoms with Gasteiger partial charge in [0.15, 0.2) is 5.75 Å². The summed E-state index contributed by atoms with van der Waals surface area (Å²) in [6.45, 7) is 5.43. The summed E-state index contributed by atoms with van der Waals surface area (Å²) in [6.07, 6.45) is 5.00. The maximum atomic E-state index is 13.8. The number of hydrogen-bond donors (Lipinski definition) is 2. The quantitative estimate of drug-likeness (QED) is 0.290. The minimum absolute atomic E-state index is 0.0573. The second-order valence-corrected chi connectivity index (χ2v) is 11.6. The highest BCUT2D eigenvalue weighted by Gasteiger charge is 2.34. The Morgan fingerprint density at radius 2 is 1.93 bits per heavy atom. The zero-order chi connectivity index (χ0) is 29.6. The normalized spacial score (nSPS) is 17.6. The third-order valence-corrected chi connectivity index (χ3v) is 8.28. The number of benzene rings is 2. The van der Waals surface area contributed by atoms with Crippen molar-refractivity contribution >= 4 is 28.8 Å². The average molecular weight is 586 g/mol. The molecule has 0 unspecified atom stereocenters. The highest BCUT2D eigenvalue weighted by molar-refractivity contribution is 7.13. The molecular weight excluding hydrogens is 550 g/mol. The summed E-state index contributed by atoms with van der Waals surface area (Å²) in [5, 5.41) is 15.7. The summed E-state index contributed by atoms with van der Waals surface area (Å²) in [6, 6.07) is 16.0. The monoisotopic (exact) mass is 585 g/mol. The van der Waals surface area contributed by atoms with Gasteiger partial charge in [-0.1, -0.05) is 25.1 Å². The van der Waals surface area contributed by atoms with E-state index in [9.17, 15) is 14.7 Å². The Balaban J connectivity index is 1.43. The molecule has 5 rings (SSSR count). The number of ether oxygens (including phenoxy) is 1. The van der Waals surface area contributed by atoms with Crippen LogP contribution in [0.4, 0.5) is 5.69 Å². The van der Waals surface area contributed by atoms with Crippen LogP contribution in [-0.4, -0.2) is 75.6 Å². The van der Waals surface area contributed by atoms with Crippen molar-refractivity contribution in [1.82, 2.24) is 19.8 Å². The standard InChI is InChI=1S/C32H35N5O4S/c1-21-17-37(22(2)20-38)32(40)26-5-4-6-27(29(26)41-28(21)19-36(3)18-23-11-13-33-14-12-23)35-30(39)24-7-9-25(10-8-24)31-34-15-16-42-31/h4-16,21-22,28,38H,17-20H2,1-3H3,(H,35,39)/t21-,22+,28-/m0/s1. The number of aliphatic hydroxyl groups is 1. The number of thiazole rings is 1. The molecule has 0 fully saturated rings. The van der Waals surface area contributed by atoms with Crippen molar-refractivity contribution in [2.75, 3.05) is 32.1 Å². The van der Waals surface area contributed by atoms with Crippen molar-refractivity contribution in [2.24, 2.45) is 5.92 Å². The molecule has 2 aromatic heterocycles. The summed E-state index contributed by atoms with van der Waals surface area (Å²) in [7, 11) is 2.03. The Hall–Kier alpha value is -4.12. The van der Waals surface area contributed by atoms with Crippen LogP contribution in [0.25, 0.3) is 10.6 Å². The molecule has 10 heteroatoms. The van der Waals surface area contributed by atoms with Gasteiger partial charge in [0.2, 0.25) is 0 Å². The molecule has 4 aromatic rings. The van der Waals surface area contributed by atoms with Gasteiger partial charge in [-0.05, 0) is 55.9 Å². The van der Waals surface area contributed by atoms with Crippen LogP contribution in [0.5, 0.6) is 5.75 Å². The number of nitrogens with one attached hydrogen (secondary N) is 1. The summed E-state index contributed by atoms with van der Waals surface area (Å²) in [5.74, 6) is -0.282. The second-order valence-electron chi connectivity index (χ2n) is 10.7. The van der Waals surface area contributed by atoms with E-state index in [0.29, 0.717) is 42.2 Å². The molecule has 3 atom stereocenters. The molecule has 218 valence electrons. The third-order valence-electron chi connectivity index (χ3n) is 7.46. The number of nitrogens with zero attached hydrogens (tertiary/aromatic N) is 4. The largest absolute Gasteiger partial charge is 0.486 e. The van der Waals surface area contributed by atoms with Crippen LogP contribution in [0.2, 0.25) is 0 Å². The van der Waals surface area contributed by atoms with E-state index in [2.05, 4.69) is 20.2 Å². The number of fused-ring (bicyclic) bond motifs is 1. The van der Waals surface area contributed by atoms with E-state index in [1.807, 2.05) is 50.5 Å². The molecule has 2 aromatic carbocycles. The Bertz CT molecular complexity index is 1500. The Morgan fingerprint density at radius 1 is 1.17 bits per heavy atom. The van der Waals surface area contributed by atoms with Crippen molar-refractivity contribution in [3.8, 4) is 16.3 Å². The smallest absolute Gasteiger partial charge is 0.258 e. The Morgan fingerprint density at radius 3 is 2.62 bits per heavy atom. The molecular formula is C32H35N5O4S. The molecule has 0 saturated heterocycles. The van der Waals surface area contributed by atoms with E-state index in [-0.39, 0.29) is 36.5 Å². The number of hydrogen-bond acceptors (Lipinski definition) is 8. The lowest BCUT2D eigenvalue weighted by atomic mass is 9.98. The molecule has 0 bridgehead atoms. The van der Waals surface area contributed by atoms with E-state index in [1.165, 1.54) is 11.3 Å². The van der Waals surface area contributed by atoms with E-state index >= 15 is 0 Å². The summed E-state index contributed by atoms with van der Waals surface area (Å²) in [4.78, 5) is 39.4. The predicted molar refractivity (Wildman–Crippen MR) is 164 cm³/mol. The minimum Gasteiger partial charge on any atom is -0.486 e. The van der Waals surface area contributed by atoms with Crippen LogP contribution in [0.15, 0.2) is 78.6 Å². The van der Waals surface area contributed by atoms with Crippen LogP contribution < -0.4 is 10.1 Å². The summed E-state index contributed by atoms with van der Waals surface area (Å²) < 4.78 is 6.64. The highest BCUT2D eigenvalue weighted by atomic mass is 32.1. The van der Waals surface area contributed by atoms with Crippen LogP contribution in [0, 0.1) is 5.92 Å². The number of likely N-dealkylation sites (N-methyl/N-ethyl adjacent to an activating group) is 1. The third kappa shape index (κ3) is 6.67. The lowest BCUT2D eigenvalue weighted by Crippen LogP contribution is -2.49. The predicted octanol–water partition coefficient (Wildman–Crippen LogP) is 4.81. The van der Waals surface area contributed by atoms with Crippen molar-refractivity contribution in [3.63, 3.8) is 0 Å². The maximum absolute atomic E-state index is 13.8. The van der Waals surface area contributed by atoms with E-state index in [1.54, 1.807) is 53.8 Å². The molecule has 3 heterocycles. The number of amides is 2.